The van der Waals surface area contributed by atoms with E-state index in [4.69, 9.17) is 5.73 Å². The molecule has 0 spiro atoms. The Labute approximate surface area is 111 Å². The van der Waals surface area contributed by atoms with Crippen molar-refractivity contribution < 1.29 is 8.42 Å². The molecule has 1 aromatic heterocycles. The van der Waals surface area contributed by atoms with Gasteiger partial charge in [0.15, 0.2) is 9.84 Å². The minimum Gasteiger partial charge on any atom is -0.382 e. The summed E-state index contributed by atoms with van der Waals surface area (Å²) in [5, 5.41) is 3.07. The molecule has 3 N–H and O–H groups in total. The Bertz CT molecular complexity index is 651. The van der Waals surface area contributed by atoms with Gasteiger partial charge in [0, 0.05) is 12.8 Å². The number of hydrogen-bond donors (Lipinski definition) is 2. The van der Waals surface area contributed by atoms with E-state index in [1.54, 1.807) is 30.5 Å². The zero-order valence-corrected chi connectivity index (χ0v) is 11.2. The van der Waals surface area contributed by atoms with Crippen molar-refractivity contribution in [2.45, 2.75) is 11.4 Å². The summed E-state index contributed by atoms with van der Waals surface area (Å²) in [6.07, 6.45) is 4.19. The summed E-state index contributed by atoms with van der Waals surface area (Å²) < 4.78 is 22.6. The molecule has 0 aliphatic heterocycles. The van der Waals surface area contributed by atoms with Crippen LogP contribution < -0.4 is 11.1 Å². The van der Waals surface area contributed by atoms with Gasteiger partial charge in [-0.3, -0.25) is 0 Å². The third kappa shape index (κ3) is 3.65. The summed E-state index contributed by atoms with van der Waals surface area (Å²) >= 11 is 0. The molecule has 0 amide bonds. The first-order valence-corrected chi connectivity index (χ1v) is 7.45. The summed E-state index contributed by atoms with van der Waals surface area (Å²) in [5.74, 6) is 0.976. The minimum atomic E-state index is -3.15. The standard InChI is InChI=1S/C12H14N4O2S/c1-19(17,18)10-4-2-9(3-5-10)6-15-12-8-14-11(13)7-16-12/h2-5,7-8H,6H2,1H3,(H2,13,14)(H,15,16). The lowest BCUT2D eigenvalue weighted by Gasteiger charge is -2.06. The smallest absolute Gasteiger partial charge is 0.175 e. The Balaban J connectivity index is 2.02. The average Bonchev–Trinajstić information content (AvgIpc) is 2.37. The Kier molecular flexibility index (Phi) is 3.66. The molecule has 0 aliphatic carbocycles. The number of nitrogen functional groups attached to an aromatic ring is 1. The van der Waals surface area contributed by atoms with Crippen LogP contribution in [0.15, 0.2) is 41.6 Å². The van der Waals surface area contributed by atoms with E-state index in [1.165, 1.54) is 12.5 Å². The highest BCUT2D eigenvalue weighted by Crippen LogP contribution is 2.11. The molecule has 0 aliphatic rings. The first-order valence-electron chi connectivity index (χ1n) is 5.55. The maximum Gasteiger partial charge on any atom is 0.175 e. The van der Waals surface area contributed by atoms with Gasteiger partial charge in [0.2, 0.25) is 0 Å². The second-order valence-electron chi connectivity index (χ2n) is 4.10. The van der Waals surface area contributed by atoms with Gasteiger partial charge in [-0.1, -0.05) is 12.1 Å². The number of rotatable bonds is 4. The zero-order valence-electron chi connectivity index (χ0n) is 10.4. The fraction of sp³-hybridized carbons (Fsp3) is 0.167. The molecule has 0 atom stereocenters. The van der Waals surface area contributed by atoms with Crippen molar-refractivity contribution in [3.8, 4) is 0 Å². The van der Waals surface area contributed by atoms with Crippen molar-refractivity contribution >= 4 is 21.5 Å². The van der Waals surface area contributed by atoms with E-state index in [0.29, 0.717) is 23.1 Å². The average molecular weight is 278 g/mol. The van der Waals surface area contributed by atoms with Crippen LogP contribution in [0.1, 0.15) is 5.56 Å². The van der Waals surface area contributed by atoms with Gasteiger partial charge in [-0.25, -0.2) is 18.4 Å². The van der Waals surface area contributed by atoms with Crippen LogP contribution in [0.4, 0.5) is 11.6 Å². The summed E-state index contributed by atoms with van der Waals surface area (Å²) in [4.78, 5) is 8.28. The zero-order chi connectivity index (χ0) is 13.9. The molecule has 100 valence electrons. The maximum absolute atomic E-state index is 11.3. The molecule has 2 rings (SSSR count). The van der Waals surface area contributed by atoms with Crippen LogP contribution in [0.5, 0.6) is 0 Å². The highest BCUT2D eigenvalue weighted by atomic mass is 32.2. The van der Waals surface area contributed by atoms with Crippen LogP contribution in [0.25, 0.3) is 0 Å². The molecular formula is C12H14N4O2S. The fourth-order valence-corrected chi connectivity index (χ4v) is 2.11. The second kappa shape index (κ2) is 5.23. The molecule has 0 saturated carbocycles. The lowest BCUT2D eigenvalue weighted by Crippen LogP contribution is -2.03. The molecule has 1 aromatic carbocycles. The van der Waals surface area contributed by atoms with Gasteiger partial charge in [0.25, 0.3) is 0 Å². The Morgan fingerprint density at radius 1 is 1.16 bits per heavy atom. The number of aromatic nitrogens is 2. The summed E-state index contributed by atoms with van der Waals surface area (Å²) in [6.45, 7) is 0.530. The van der Waals surface area contributed by atoms with Gasteiger partial charge < -0.3 is 11.1 Å². The number of hydrogen-bond acceptors (Lipinski definition) is 6. The maximum atomic E-state index is 11.3. The highest BCUT2D eigenvalue weighted by molar-refractivity contribution is 7.90. The molecular weight excluding hydrogens is 264 g/mol. The van der Waals surface area contributed by atoms with Crippen molar-refractivity contribution in [2.24, 2.45) is 0 Å². The van der Waals surface area contributed by atoms with E-state index in [9.17, 15) is 8.42 Å². The van der Waals surface area contributed by atoms with Gasteiger partial charge in [-0.05, 0) is 17.7 Å². The first kappa shape index (κ1) is 13.3. The molecule has 0 fully saturated rings. The van der Waals surface area contributed by atoms with Gasteiger partial charge in [-0.2, -0.15) is 0 Å². The van der Waals surface area contributed by atoms with E-state index < -0.39 is 9.84 Å². The van der Waals surface area contributed by atoms with Crippen molar-refractivity contribution in [3.05, 3.63) is 42.2 Å². The summed E-state index contributed by atoms with van der Waals surface area (Å²) in [5.41, 5.74) is 6.38. The number of benzene rings is 1. The van der Waals surface area contributed by atoms with Gasteiger partial charge >= 0.3 is 0 Å². The summed E-state index contributed by atoms with van der Waals surface area (Å²) in [6, 6.07) is 6.68. The van der Waals surface area contributed by atoms with E-state index in [0.717, 1.165) is 5.56 Å². The number of sulfone groups is 1. The van der Waals surface area contributed by atoms with E-state index >= 15 is 0 Å². The largest absolute Gasteiger partial charge is 0.382 e. The van der Waals surface area contributed by atoms with Gasteiger partial charge in [-0.15, -0.1) is 0 Å². The first-order chi connectivity index (χ1) is 8.95. The van der Waals surface area contributed by atoms with E-state index in [-0.39, 0.29) is 0 Å². The molecule has 2 aromatic rings. The number of nitrogens with one attached hydrogen (secondary N) is 1. The molecule has 1 heterocycles. The summed E-state index contributed by atoms with van der Waals surface area (Å²) in [7, 11) is -3.15. The van der Waals surface area contributed by atoms with Crippen LogP contribution in [0.3, 0.4) is 0 Å². The monoisotopic (exact) mass is 278 g/mol. The third-order valence-corrected chi connectivity index (χ3v) is 3.63. The van der Waals surface area contributed by atoms with Gasteiger partial charge in [0.05, 0.1) is 17.3 Å². The Morgan fingerprint density at radius 3 is 2.37 bits per heavy atom. The van der Waals surface area contributed by atoms with Crippen molar-refractivity contribution in [1.82, 2.24) is 9.97 Å². The number of anilines is 2. The predicted molar refractivity (Wildman–Crippen MR) is 73.3 cm³/mol. The third-order valence-electron chi connectivity index (χ3n) is 2.50. The molecule has 6 nitrogen and oxygen atoms in total. The number of nitrogens with zero attached hydrogens (tertiary/aromatic N) is 2. The topological polar surface area (TPSA) is 98.0 Å². The molecule has 0 unspecified atom stereocenters. The second-order valence-corrected chi connectivity index (χ2v) is 6.11. The van der Waals surface area contributed by atoms with Crippen molar-refractivity contribution in [2.75, 3.05) is 17.3 Å². The SMILES string of the molecule is CS(=O)(=O)c1ccc(CNc2cnc(N)cn2)cc1. The molecule has 0 bridgehead atoms. The Morgan fingerprint density at radius 2 is 1.84 bits per heavy atom. The minimum absolute atomic E-state index is 0.309. The fourth-order valence-electron chi connectivity index (χ4n) is 1.48. The normalized spacial score (nSPS) is 11.2. The van der Waals surface area contributed by atoms with Crippen LogP contribution in [0, 0.1) is 0 Å². The quantitative estimate of drug-likeness (QED) is 0.868. The lowest BCUT2D eigenvalue weighted by atomic mass is 10.2. The van der Waals surface area contributed by atoms with Crippen molar-refractivity contribution in [1.29, 1.82) is 0 Å². The molecule has 7 heteroatoms. The van der Waals surface area contributed by atoms with Crippen molar-refractivity contribution in [3.63, 3.8) is 0 Å². The highest BCUT2D eigenvalue weighted by Gasteiger charge is 2.05. The lowest BCUT2D eigenvalue weighted by molar-refractivity contribution is 0.602. The van der Waals surface area contributed by atoms with Gasteiger partial charge in [0.1, 0.15) is 11.6 Å². The number of nitrogens with two attached hydrogens (primary N) is 1. The molecule has 0 saturated heterocycles. The Hall–Kier alpha value is -2.15. The van der Waals surface area contributed by atoms with E-state index in [2.05, 4.69) is 15.3 Å². The molecule has 0 radical (unpaired) electrons. The van der Waals surface area contributed by atoms with Crippen LogP contribution in [-0.2, 0) is 16.4 Å². The van der Waals surface area contributed by atoms with E-state index in [1.807, 2.05) is 0 Å². The molecule has 19 heavy (non-hydrogen) atoms. The van der Waals surface area contributed by atoms with Crippen LogP contribution in [0.2, 0.25) is 0 Å². The van der Waals surface area contributed by atoms with Crippen LogP contribution in [-0.4, -0.2) is 24.6 Å². The van der Waals surface area contributed by atoms with Crippen LogP contribution >= 0.6 is 0 Å². The predicted octanol–water partition coefficient (Wildman–Crippen LogP) is 1.07.